The SMILES string of the molecule is CC1CCCC(CNc2cccc(Cl)c2C(N)=S)C1. The Morgan fingerprint density at radius 3 is 2.95 bits per heavy atom. The number of hydrogen-bond donors (Lipinski definition) is 2. The average molecular weight is 297 g/mol. The number of rotatable bonds is 4. The van der Waals surface area contributed by atoms with Gasteiger partial charge in [0.05, 0.1) is 10.6 Å². The normalized spacial score (nSPS) is 23.1. The Bertz CT molecular complexity index is 461. The maximum atomic E-state index is 6.16. The molecule has 2 unspecified atom stereocenters. The highest BCUT2D eigenvalue weighted by molar-refractivity contribution is 7.80. The summed E-state index contributed by atoms with van der Waals surface area (Å²) in [5.41, 5.74) is 7.48. The van der Waals surface area contributed by atoms with Gasteiger partial charge in [0.1, 0.15) is 4.99 Å². The van der Waals surface area contributed by atoms with Crippen LogP contribution in [0.2, 0.25) is 5.02 Å². The number of nitrogens with one attached hydrogen (secondary N) is 1. The minimum atomic E-state index is 0.352. The van der Waals surface area contributed by atoms with Gasteiger partial charge in [-0.25, -0.2) is 0 Å². The minimum absolute atomic E-state index is 0.352. The first-order valence-electron chi connectivity index (χ1n) is 6.90. The summed E-state index contributed by atoms with van der Waals surface area (Å²) in [5, 5.41) is 4.09. The van der Waals surface area contributed by atoms with E-state index in [2.05, 4.69) is 12.2 Å². The lowest BCUT2D eigenvalue weighted by molar-refractivity contribution is 0.293. The van der Waals surface area contributed by atoms with Crippen LogP contribution in [0.4, 0.5) is 5.69 Å². The third kappa shape index (κ3) is 3.83. The van der Waals surface area contributed by atoms with Gasteiger partial charge in [-0.15, -0.1) is 0 Å². The zero-order valence-electron chi connectivity index (χ0n) is 11.3. The van der Waals surface area contributed by atoms with Crippen LogP contribution >= 0.6 is 23.8 Å². The van der Waals surface area contributed by atoms with Crippen molar-refractivity contribution in [1.82, 2.24) is 0 Å². The molecule has 0 aromatic heterocycles. The lowest BCUT2D eigenvalue weighted by Crippen LogP contribution is -2.22. The van der Waals surface area contributed by atoms with Crippen molar-refractivity contribution in [3.63, 3.8) is 0 Å². The second-order valence-electron chi connectivity index (χ2n) is 5.55. The first-order valence-corrected chi connectivity index (χ1v) is 7.68. The highest BCUT2D eigenvalue weighted by atomic mass is 35.5. The molecule has 0 spiro atoms. The Labute approximate surface area is 125 Å². The largest absolute Gasteiger partial charge is 0.389 e. The van der Waals surface area contributed by atoms with E-state index >= 15 is 0 Å². The summed E-state index contributed by atoms with van der Waals surface area (Å²) in [5.74, 6) is 1.58. The van der Waals surface area contributed by atoms with E-state index in [0.29, 0.717) is 10.0 Å². The number of anilines is 1. The third-order valence-electron chi connectivity index (χ3n) is 3.89. The summed E-state index contributed by atoms with van der Waals surface area (Å²) in [7, 11) is 0. The number of benzene rings is 1. The zero-order chi connectivity index (χ0) is 13.8. The second kappa shape index (κ2) is 6.58. The van der Waals surface area contributed by atoms with Crippen LogP contribution in [-0.2, 0) is 0 Å². The van der Waals surface area contributed by atoms with Crippen molar-refractivity contribution < 1.29 is 0 Å². The first-order chi connectivity index (χ1) is 9.08. The van der Waals surface area contributed by atoms with Gasteiger partial charge in [0, 0.05) is 12.2 Å². The zero-order valence-corrected chi connectivity index (χ0v) is 12.9. The Morgan fingerprint density at radius 1 is 1.47 bits per heavy atom. The lowest BCUT2D eigenvalue weighted by atomic mass is 9.82. The molecule has 3 N–H and O–H groups in total. The van der Waals surface area contributed by atoms with E-state index < -0.39 is 0 Å². The van der Waals surface area contributed by atoms with Crippen LogP contribution in [0.3, 0.4) is 0 Å². The maximum Gasteiger partial charge on any atom is 0.107 e. The molecule has 0 heterocycles. The lowest BCUT2D eigenvalue weighted by Gasteiger charge is -2.27. The molecule has 0 saturated heterocycles. The molecule has 2 atom stereocenters. The van der Waals surface area contributed by atoms with E-state index in [-0.39, 0.29) is 0 Å². The first kappa shape index (κ1) is 14.6. The van der Waals surface area contributed by atoms with Gasteiger partial charge in [0.25, 0.3) is 0 Å². The van der Waals surface area contributed by atoms with Crippen LogP contribution in [-0.4, -0.2) is 11.5 Å². The molecular formula is C15H21ClN2S. The molecule has 0 bridgehead atoms. The van der Waals surface area contributed by atoms with E-state index in [0.717, 1.165) is 29.6 Å². The fraction of sp³-hybridized carbons (Fsp3) is 0.533. The van der Waals surface area contributed by atoms with Gasteiger partial charge < -0.3 is 11.1 Å². The van der Waals surface area contributed by atoms with Gasteiger partial charge in [-0.05, 0) is 36.8 Å². The molecule has 2 rings (SSSR count). The fourth-order valence-corrected chi connectivity index (χ4v) is 3.47. The molecule has 104 valence electrons. The third-order valence-corrected chi connectivity index (χ3v) is 4.41. The molecule has 2 nitrogen and oxygen atoms in total. The Hall–Kier alpha value is -0.800. The maximum absolute atomic E-state index is 6.16. The second-order valence-corrected chi connectivity index (χ2v) is 6.39. The monoisotopic (exact) mass is 296 g/mol. The Kier molecular flexibility index (Phi) is 5.06. The molecule has 0 amide bonds. The summed E-state index contributed by atoms with van der Waals surface area (Å²) >= 11 is 11.2. The highest BCUT2D eigenvalue weighted by Gasteiger charge is 2.19. The number of thiocarbonyl (C=S) groups is 1. The van der Waals surface area contributed by atoms with Crippen LogP contribution in [0.1, 0.15) is 38.2 Å². The molecule has 0 aliphatic heterocycles. The van der Waals surface area contributed by atoms with Crippen LogP contribution in [0, 0.1) is 11.8 Å². The van der Waals surface area contributed by atoms with Crippen LogP contribution in [0.5, 0.6) is 0 Å². The van der Waals surface area contributed by atoms with E-state index in [4.69, 9.17) is 29.6 Å². The molecule has 1 saturated carbocycles. The Balaban J connectivity index is 2.03. The quantitative estimate of drug-likeness (QED) is 0.817. The average Bonchev–Trinajstić information content (AvgIpc) is 2.36. The predicted molar refractivity (Wildman–Crippen MR) is 87.0 cm³/mol. The molecular weight excluding hydrogens is 276 g/mol. The van der Waals surface area contributed by atoms with Gasteiger partial charge in [0.2, 0.25) is 0 Å². The van der Waals surface area contributed by atoms with Crippen molar-refractivity contribution in [3.8, 4) is 0 Å². The molecule has 1 aromatic rings. The number of nitrogens with two attached hydrogens (primary N) is 1. The van der Waals surface area contributed by atoms with Gasteiger partial charge in [-0.2, -0.15) is 0 Å². The van der Waals surface area contributed by atoms with Gasteiger partial charge in [0.15, 0.2) is 0 Å². The van der Waals surface area contributed by atoms with Crippen molar-refractivity contribution in [2.45, 2.75) is 32.6 Å². The standard InChI is InChI=1S/C15H21ClN2S/c1-10-4-2-5-11(8-10)9-18-13-7-3-6-12(16)14(13)15(17)19/h3,6-7,10-11,18H,2,4-5,8-9H2,1H3,(H2,17,19). The van der Waals surface area contributed by atoms with Crippen molar-refractivity contribution in [1.29, 1.82) is 0 Å². The van der Waals surface area contributed by atoms with E-state index in [9.17, 15) is 0 Å². The van der Waals surface area contributed by atoms with Crippen LogP contribution in [0.15, 0.2) is 18.2 Å². The molecule has 1 fully saturated rings. The molecule has 1 aliphatic rings. The van der Waals surface area contributed by atoms with Crippen molar-refractivity contribution in [3.05, 3.63) is 28.8 Å². The summed E-state index contributed by atoms with van der Waals surface area (Å²) < 4.78 is 0. The summed E-state index contributed by atoms with van der Waals surface area (Å²) in [6.45, 7) is 3.31. The molecule has 4 heteroatoms. The predicted octanol–water partition coefficient (Wildman–Crippen LogP) is 4.21. The van der Waals surface area contributed by atoms with Crippen LogP contribution in [0.25, 0.3) is 0 Å². The fourth-order valence-electron chi connectivity index (χ4n) is 2.92. The highest BCUT2D eigenvalue weighted by Crippen LogP contribution is 2.30. The molecule has 19 heavy (non-hydrogen) atoms. The molecule has 0 radical (unpaired) electrons. The number of hydrogen-bond acceptors (Lipinski definition) is 2. The van der Waals surface area contributed by atoms with Gasteiger partial charge >= 0.3 is 0 Å². The van der Waals surface area contributed by atoms with Gasteiger partial charge in [-0.3, -0.25) is 0 Å². The van der Waals surface area contributed by atoms with E-state index in [1.165, 1.54) is 25.7 Å². The number of halogens is 1. The van der Waals surface area contributed by atoms with Crippen molar-refractivity contribution in [2.24, 2.45) is 17.6 Å². The topological polar surface area (TPSA) is 38.0 Å². The van der Waals surface area contributed by atoms with Gasteiger partial charge in [-0.1, -0.05) is 49.7 Å². The Morgan fingerprint density at radius 2 is 2.26 bits per heavy atom. The minimum Gasteiger partial charge on any atom is -0.389 e. The summed E-state index contributed by atoms with van der Waals surface area (Å²) in [6, 6.07) is 5.74. The van der Waals surface area contributed by atoms with E-state index in [1.54, 1.807) is 0 Å². The summed E-state index contributed by atoms with van der Waals surface area (Å²) in [6.07, 6.45) is 5.31. The van der Waals surface area contributed by atoms with Crippen LogP contribution < -0.4 is 11.1 Å². The molecule has 1 aromatic carbocycles. The molecule has 1 aliphatic carbocycles. The van der Waals surface area contributed by atoms with Crippen molar-refractivity contribution >= 4 is 34.5 Å². The smallest absolute Gasteiger partial charge is 0.107 e. The summed E-state index contributed by atoms with van der Waals surface area (Å²) in [4.78, 5) is 0.352. The van der Waals surface area contributed by atoms with E-state index in [1.807, 2.05) is 18.2 Å². The van der Waals surface area contributed by atoms with Crippen molar-refractivity contribution in [2.75, 3.05) is 11.9 Å².